The molecule has 0 bridgehead atoms. The van der Waals surface area contributed by atoms with Gasteiger partial charge in [0.25, 0.3) is 0 Å². The molecule has 0 saturated heterocycles. The van der Waals surface area contributed by atoms with Crippen LogP contribution in [0.1, 0.15) is 27.2 Å². The van der Waals surface area contributed by atoms with Gasteiger partial charge in [-0.05, 0) is 56.7 Å². The van der Waals surface area contributed by atoms with E-state index in [9.17, 15) is 4.79 Å². The van der Waals surface area contributed by atoms with Crippen molar-refractivity contribution in [3.8, 4) is 5.75 Å². The number of aromatic nitrogens is 1. The first-order valence-corrected chi connectivity index (χ1v) is 9.97. The Morgan fingerprint density at radius 2 is 1.83 bits per heavy atom. The molecule has 0 spiro atoms. The molecule has 152 valence electrons. The number of benzene rings is 2. The van der Waals surface area contributed by atoms with Gasteiger partial charge in [0.1, 0.15) is 5.75 Å². The molecule has 0 aliphatic rings. The Hall–Kier alpha value is -3.28. The highest BCUT2D eigenvalue weighted by molar-refractivity contribution is 5.91. The van der Waals surface area contributed by atoms with Gasteiger partial charge < -0.3 is 20.7 Å². The Labute approximate surface area is 171 Å². The van der Waals surface area contributed by atoms with Crippen LogP contribution >= 0.6 is 0 Å². The van der Waals surface area contributed by atoms with E-state index in [1.165, 1.54) is 0 Å². The summed E-state index contributed by atoms with van der Waals surface area (Å²) in [6, 6.07) is 17.1. The monoisotopic (exact) mass is 392 g/mol. The third-order valence-electron chi connectivity index (χ3n) is 4.50. The van der Waals surface area contributed by atoms with E-state index in [2.05, 4.69) is 27.9 Å². The highest BCUT2D eigenvalue weighted by Gasteiger charge is 2.11. The zero-order valence-corrected chi connectivity index (χ0v) is 17.1. The van der Waals surface area contributed by atoms with E-state index in [0.29, 0.717) is 6.54 Å². The first kappa shape index (κ1) is 20.5. The molecule has 3 aromatic rings. The van der Waals surface area contributed by atoms with Crippen LogP contribution in [0.3, 0.4) is 0 Å². The number of para-hydroxylation sites is 1. The molecule has 2 aromatic carbocycles. The van der Waals surface area contributed by atoms with E-state index in [1.54, 1.807) is 6.20 Å². The number of nitrogens with zero attached hydrogens (tertiary/aromatic N) is 1. The average Bonchev–Trinajstić information content (AvgIpc) is 2.72. The lowest BCUT2D eigenvalue weighted by molar-refractivity contribution is 0.242. The van der Waals surface area contributed by atoms with Crippen LogP contribution in [0.4, 0.5) is 16.2 Å². The number of hydrogen-bond donors (Lipinski definition) is 3. The van der Waals surface area contributed by atoms with Gasteiger partial charge in [0.05, 0.1) is 11.6 Å². The van der Waals surface area contributed by atoms with Crippen molar-refractivity contribution in [3.63, 3.8) is 0 Å². The summed E-state index contributed by atoms with van der Waals surface area (Å²) >= 11 is 0. The highest BCUT2D eigenvalue weighted by Crippen LogP contribution is 2.21. The van der Waals surface area contributed by atoms with Gasteiger partial charge in [-0.2, -0.15) is 0 Å². The fourth-order valence-electron chi connectivity index (χ4n) is 3.02. The summed E-state index contributed by atoms with van der Waals surface area (Å²) in [4.78, 5) is 16.8. The first-order chi connectivity index (χ1) is 14.0. The molecule has 0 aliphatic carbocycles. The van der Waals surface area contributed by atoms with Gasteiger partial charge in [-0.25, -0.2) is 4.79 Å². The van der Waals surface area contributed by atoms with Crippen molar-refractivity contribution in [2.45, 2.75) is 39.3 Å². The average molecular weight is 393 g/mol. The fourth-order valence-corrected chi connectivity index (χ4v) is 3.02. The van der Waals surface area contributed by atoms with Crippen molar-refractivity contribution in [1.29, 1.82) is 0 Å². The molecule has 1 unspecified atom stereocenters. The number of urea groups is 1. The van der Waals surface area contributed by atoms with E-state index >= 15 is 0 Å². The molecule has 1 heterocycles. The number of nitrogens with one attached hydrogen (secondary N) is 3. The Morgan fingerprint density at radius 1 is 1.07 bits per heavy atom. The molecule has 0 fully saturated rings. The Balaban J connectivity index is 1.54. The van der Waals surface area contributed by atoms with Crippen LogP contribution in [0, 0.1) is 0 Å². The summed E-state index contributed by atoms with van der Waals surface area (Å²) < 4.78 is 5.62. The number of hydrogen-bond acceptors (Lipinski definition) is 4. The lowest BCUT2D eigenvalue weighted by atomic mass is 10.1. The predicted octanol–water partition coefficient (Wildman–Crippen LogP) is 5.03. The predicted molar refractivity (Wildman–Crippen MR) is 119 cm³/mol. The van der Waals surface area contributed by atoms with Crippen LogP contribution in [0.25, 0.3) is 10.9 Å². The van der Waals surface area contributed by atoms with Crippen LogP contribution < -0.4 is 20.7 Å². The maximum Gasteiger partial charge on any atom is 0.319 e. The molecule has 6 nitrogen and oxygen atoms in total. The molecule has 0 saturated carbocycles. The van der Waals surface area contributed by atoms with E-state index < -0.39 is 0 Å². The topological polar surface area (TPSA) is 75.3 Å². The number of carbonyl (C=O) groups excluding carboxylic acids is 1. The third kappa shape index (κ3) is 5.85. The summed E-state index contributed by atoms with van der Waals surface area (Å²) in [6.07, 6.45) is 2.72. The lowest BCUT2D eigenvalue weighted by Crippen LogP contribution is -2.41. The van der Waals surface area contributed by atoms with Crippen molar-refractivity contribution in [1.82, 2.24) is 10.3 Å². The smallest absolute Gasteiger partial charge is 0.319 e. The quantitative estimate of drug-likeness (QED) is 0.502. The van der Waals surface area contributed by atoms with Crippen molar-refractivity contribution in [2.24, 2.45) is 0 Å². The minimum atomic E-state index is -0.226. The first-order valence-electron chi connectivity index (χ1n) is 9.97. The molecule has 6 heteroatoms. The van der Waals surface area contributed by atoms with Gasteiger partial charge in [-0.3, -0.25) is 4.98 Å². The number of carbonyl (C=O) groups is 1. The lowest BCUT2D eigenvalue weighted by Gasteiger charge is -2.19. The second-order valence-electron chi connectivity index (χ2n) is 7.15. The SMILES string of the molecule is CCC(CNc1ccnc2ccccc12)NC(=O)Nc1ccc(OC(C)C)cc1. The zero-order chi connectivity index (χ0) is 20.6. The van der Waals surface area contributed by atoms with Crippen LogP contribution in [0.2, 0.25) is 0 Å². The molecule has 3 N–H and O–H groups in total. The highest BCUT2D eigenvalue weighted by atomic mass is 16.5. The van der Waals surface area contributed by atoms with E-state index in [4.69, 9.17) is 4.74 Å². The van der Waals surface area contributed by atoms with Gasteiger partial charge in [0.2, 0.25) is 0 Å². The molecule has 1 aromatic heterocycles. The van der Waals surface area contributed by atoms with Crippen LogP contribution in [-0.2, 0) is 0 Å². The Morgan fingerprint density at radius 3 is 2.55 bits per heavy atom. The second-order valence-corrected chi connectivity index (χ2v) is 7.15. The summed E-state index contributed by atoms with van der Waals surface area (Å²) in [5.74, 6) is 0.783. The molecule has 2 amide bonds. The van der Waals surface area contributed by atoms with Crippen molar-refractivity contribution in [3.05, 3.63) is 60.8 Å². The van der Waals surface area contributed by atoms with E-state index in [1.807, 2.05) is 68.4 Å². The van der Waals surface area contributed by atoms with E-state index in [-0.39, 0.29) is 18.2 Å². The number of rotatable bonds is 8. The molecular formula is C23H28N4O2. The maximum absolute atomic E-state index is 12.4. The zero-order valence-electron chi connectivity index (χ0n) is 17.1. The van der Waals surface area contributed by atoms with Crippen LogP contribution in [0.15, 0.2) is 60.8 Å². The second kappa shape index (κ2) is 9.78. The van der Waals surface area contributed by atoms with Crippen molar-refractivity contribution < 1.29 is 9.53 Å². The minimum Gasteiger partial charge on any atom is -0.491 e. The largest absolute Gasteiger partial charge is 0.491 e. The number of fused-ring (bicyclic) bond motifs is 1. The van der Waals surface area contributed by atoms with Crippen LogP contribution in [-0.4, -0.2) is 29.7 Å². The number of pyridine rings is 1. The number of anilines is 2. The van der Waals surface area contributed by atoms with Gasteiger partial charge in [-0.15, -0.1) is 0 Å². The summed E-state index contributed by atoms with van der Waals surface area (Å²) in [5.41, 5.74) is 2.68. The van der Waals surface area contributed by atoms with E-state index in [0.717, 1.165) is 34.4 Å². The molecule has 1 atom stereocenters. The number of ether oxygens (including phenoxy) is 1. The van der Waals surface area contributed by atoms with Gasteiger partial charge >= 0.3 is 6.03 Å². The molecular weight excluding hydrogens is 364 g/mol. The normalized spacial score (nSPS) is 11.9. The molecule has 3 rings (SSSR count). The third-order valence-corrected chi connectivity index (χ3v) is 4.50. The molecule has 0 radical (unpaired) electrons. The maximum atomic E-state index is 12.4. The van der Waals surface area contributed by atoms with Gasteiger partial charge in [-0.1, -0.05) is 25.1 Å². The molecule has 29 heavy (non-hydrogen) atoms. The van der Waals surface area contributed by atoms with Gasteiger partial charge in [0.15, 0.2) is 0 Å². The van der Waals surface area contributed by atoms with Crippen molar-refractivity contribution >= 4 is 28.3 Å². The molecule has 0 aliphatic heterocycles. The van der Waals surface area contributed by atoms with Gasteiger partial charge in [0, 0.05) is 35.5 Å². The Kier molecular flexibility index (Phi) is 6.89. The standard InChI is InChI=1S/C23H28N4O2/c1-4-17(15-25-22-13-14-24-21-8-6-5-7-20(21)22)26-23(28)27-18-9-11-19(12-10-18)29-16(2)3/h5-14,16-17H,4,15H2,1-3H3,(H,24,25)(H2,26,27,28). The number of amides is 2. The van der Waals surface area contributed by atoms with Crippen LogP contribution in [0.5, 0.6) is 5.75 Å². The Bertz CT molecular complexity index is 936. The minimum absolute atomic E-state index is 0.00882. The summed E-state index contributed by atoms with van der Waals surface area (Å²) in [5, 5.41) is 10.4. The summed E-state index contributed by atoms with van der Waals surface area (Å²) in [7, 11) is 0. The summed E-state index contributed by atoms with van der Waals surface area (Å²) in [6.45, 7) is 6.63. The van der Waals surface area contributed by atoms with Crippen molar-refractivity contribution in [2.75, 3.05) is 17.2 Å². The fraction of sp³-hybridized carbons (Fsp3) is 0.304.